The van der Waals surface area contributed by atoms with Crippen LogP contribution in [0.15, 0.2) is 45.3 Å². The molecule has 2 nitrogen and oxygen atoms in total. The highest BCUT2D eigenvalue weighted by Crippen LogP contribution is 2.29. The van der Waals surface area contributed by atoms with Gasteiger partial charge in [-0.25, -0.2) is 4.39 Å². The average molecular weight is 423 g/mol. The SMILES string of the molecule is NNC(Cc1ccc(Cl)cc1F)c1ccc(Br)cc1Br. The normalized spacial score (nSPS) is 12.4. The van der Waals surface area contributed by atoms with Gasteiger partial charge in [0, 0.05) is 14.0 Å². The third-order valence-electron chi connectivity index (χ3n) is 2.98. The summed E-state index contributed by atoms with van der Waals surface area (Å²) in [5, 5.41) is 0.383. The van der Waals surface area contributed by atoms with Crippen molar-refractivity contribution in [2.24, 2.45) is 5.84 Å². The number of halogens is 4. The lowest BCUT2D eigenvalue weighted by Gasteiger charge is -2.18. The number of rotatable bonds is 4. The van der Waals surface area contributed by atoms with E-state index in [1.807, 2.05) is 18.2 Å². The third kappa shape index (κ3) is 3.80. The molecule has 106 valence electrons. The highest BCUT2D eigenvalue weighted by molar-refractivity contribution is 9.11. The van der Waals surface area contributed by atoms with Crippen LogP contribution in [0, 0.1) is 5.82 Å². The van der Waals surface area contributed by atoms with Crippen LogP contribution < -0.4 is 11.3 Å². The Morgan fingerprint density at radius 3 is 2.55 bits per heavy atom. The van der Waals surface area contributed by atoms with Crippen LogP contribution in [0.5, 0.6) is 0 Å². The molecule has 0 spiro atoms. The van der Waals surface area contributed by atoms with Gasteiger partial charge in [-0.2, -0.15) is 0 Å². The number of hydrogen-bond donors (Lipinski definition) is 2. The molecule has 3 N–H and O–H groups in total. The highest BCUT2D eigenvalue weighted by Gasteiger charge is 2.16. The first-order valence-electron chi connectivity index (χ1n) is 5.86. The fourth-order valence-corrected chi connectivity index (χ4v) is 3.43. The fourth-order valence-electron chi connectivity index (χ4n) is 1.95. The Kier molecular flexibility index (Phi) is 5.57. The Labute approximate surface area is 138 Å². The lowest BCUT2D eigenvalue weighted by molar-refractivity contribution is 0.527. The maximum absolute atomic E-state index is 13.9. The molecule has 2 aromatic carbocycles. The highest BCUT2D eigenvalue weighted by atomic mass is 79.9. The molecule has 0 fully saturated rings. The molecule has 0 aliphatic heterocycles. The van der Waals surface area contributed by atoms with Crippen LogP contribution in [-0.4, -0.2) is 0 Å². The Morgan fingerprint density at radius 1 is 1.20 bits per heavy atom. The molecule has 0 aliphatic carbocycles. The van der Waals surface area contributed by atoms with E-state index in [1.165, 1.54) is 6.07 Å². The zero-order chi connectivity index (χ0) is 14.7. The van der Waals surface area contributed by atoms with Crippen LogP contribution in [-0.2, 0) is 6.42 Å². The maximum Gasteiger partial charge on any atom is 0.127 e. The van der Waals surface area contributed by atoms with Crippen LogP contribution in [0.3, 0.4) is 0 Å². The molecule has 0 aromatic heterocycles. The van der Waals surface area contributed by atoms with E-state index in [1.54, 1.807) is 12.1 Å². The van der Waals surface area contributed by atoms with Gasteiger partial charge in [0.1, 0.15) is 5.82 Å². The first-order chi connectivity index (χ1) is 9.51. The number of nitrogens with one attached hydrogen (secondary N) is 1. The van der Waals surface area contributed by atoms with Crippen molar-refractivity contribution in [2.45, 2.75) is 12.5 Å². The molecule has 0 bridgehead atoms. The molecule has 6 heteroatoms. The third-order valence-corrected chi connectivity index (χ3v) is 4.39. The summed E-state index contributed by atoms with van der Waals surface area (Å²) in [6.07, 6.45) is 0.430. The van der Waals surface area contributed by atoms with Crippen molar-refractivity contribution in [3.63, 3.8) is 0 Å². The van der Waals surface area contributed by atoms with Crippen LogP contribution in [0.4, 0.5) is 4.39 Å². The molecular formula is C14H12Br2ClFN2. The quantitative estimate of drug-likeness (QED) is 0.551. The minimum absolute atomic E-state index is 0.201. The first-order valence-corrected chi connectivity index (χ1v) is 7.82. The van der Waals surface area contributed by atoms with Gasteiger partial charge >= 0.3 is 0 Å². The molecule has 2 aromatic rings. The Bertz CT molecular complexity index is 622. The van der Waals surface area contributed by atoms with Gasteiger partial charge in [0.25, 0.3) is 0 Å². The topological polar surface area (TPSA) is 38.0 Å². The van der Waals surface area contributed by atoms with Gasteiger partial charge in [-0.3, -0.25) is 11.3 Å². The van der Waals surface area contributed by atoms with E-state index in [2.05, 4.69) is 37.3 Å². The molecule has 0 radical (unpaired) electrons. The van der Waals surface area contributed by atoms with E-state index in [9.17, 15) is 4.39 Å². The summed E-state index contributed by atoms with van der Waals surface area (Å²) in [6.45, 7) is 0. The molecule has 0 aliphatic rings. The second-order valence-electron chi connectivity index (χ2n) is 4.32. The molecule has 1 unspecified atom stereocenters. The monoisotopic (exact) mass is 420 g/mol. The van der Waals surface area contributed by atoms with Gasteiger partial charge < -0.3 is 0 Å². The summed E-state index contributed by atoms with van der Waals surface area (Å²) in [5.41, 5.74) is 4.25. The Hall–Kier alpha value is -0.460. The zero-order valence-electron chi connectivity index (χ0n) is 10.3. The molecule has 1 atom stereocenters. The summed E-state index contributed by atoms with van der Waals surface area (Å²) in [4.78, 5) is 0. The molecular weight excluding hydrogens is 410 g/mol. The second-order valence-corrected chi connectivity index (χ2v) is 6.53. The number of hydrogen-bond acceptors (Lipinski definition) is 2. The van der Waals surface area contributed by atoms with Crippen molar-refractivity contribution in [1.29, 1.82) is 0 Å². The number of benzene rings is 2. The minimum atomic E-state index is -0.328. The summed E-state index contributed by atoms with van der Waals surface area (Å²) in [7, 11) is 0. The largest absolute Gasteiger partial charge is 0.271 e. The van der Waals surface area contributed by atoms with Crippen molar-refractivity contribution in [1.82, 2.24) is 5.43 Å². The number of hydrazine groups is 1. The average Bonchev–Trinajstić information content (AvgIpc) is 2.39. The molecule has 0 saturated heterocycles. The maximum atomic E-state index is 13.9. The van der Waals surface area contributed by atoms with Crippen molar-refractivity contribution >= 4 is 43.5 Å². The van der Waals surface area contributed by atoms with Gasteiger partial charge in [0.2, 0.25) is 0 Å². The van der Waals surface area contributed by atoms with Gasteiger partial charge in [0.15, 0.2) is 0 Å². The number of nitrogens with two attached hydrogens (primary N) is 1. The van der Waals surface area contributed by atoms with Crippen LogP contribution in [0.2, 0.25) is 5.02 Å². The molecule has 20 heavy (non-hydrogen) atoms. The fraction of sp³-hybridized carbons (Fsp3) is 0.143. The van der Waals surface area contributed by atoms with E-state index in [0.717, 1.165) is 14.5 Å². The van der Waals surface area contributed by atoms with Gasteiger partial charge in [-0.05, 0) is 41.8 Å². The Morgan fingerprint density at radius 2 is 1.95 bits per heavy atom. The standard InChI is InChI=1S/C14H12Br2ClFN2/c15-9-2-4-11(12(16)6-9)14(20-19)5-8-1-3-10(17)7-13(8)18/h1-4,6-7,14,20H,5,19H2. The second kappa shape index (κ2) is 7.00. The predicted octanol–water partition coefficient (Wildman–Crippen LogP) is 4.75. The van der Waals surface area contributed by atoms with Crippen molar-refractivity contribution in [2.75, 3.05) is 0 Å². The van der Waals surface area contributed by atoms with Crippen molar-refractivity contribution < 1.29 is 4.39 Å². The van der Waals surface area contributed by atoms with Gasteiger partial charge in [0.05, 0.1) is 6.04 Å². The van der Waals surface area contributed by atoms with E-state index >= 15 is 0 Å². The smallest absolute Gasteiger partial charge is 0.127 e. The molecule has 0 amide bonds. The van der Waals surface area contributed by atoms with E-state index in [0.29, 0.717) is 17.0 Å². The van der Waals surface area contributed by atoms with Gasteiger partial charge in [-0.15, -0.1) is 0 Å². The van der Waals surface area contributed by atoms with Crippen molar-refractivity contribution in [3.05, 3.63) is 67.3 Å². The summed E-state index contributed by atoms with van der Waals surface area (Å²) in [6, 6.07) is 10.2. The van der Waals surface area contributed by atoms with Crippen LogP contribution >= 0.6 is 43.5 Å². The summed E-state index contributed by atoms with van der Waals surface area (Å²) >= 11 is 12.6. The minimum Gasteiger partial charge on any atom is -0.271 e. The zero-order valence-corrected chi connectivity index (χ0v) is 14.3. The van der Waals surface area contributed by atoms with E-state index in [-0.39, 0.29) is 11.9 Å². The van der Waals surface area contributed by atoms with Gasteiger partial charge in [-0.1, -0.05) is 55.6 Å². The molecule has 2 rings (SSSR count). The lowest BCUT2D eigenvalue weighted by atomic mass is 9.99. The van der Waals surface area contributed by atoms with E-state index < -0.39 is 0 Å². The van der Waals surface area contributed by atoms with Crippen LogP contribution in [0.1, 0.15) is 17.2 Å². The summed E-state index contributed by atoms with van der Waals surface area (Å²) in [5.74, 6) is 5.28. The van der Waals surface area contributed by atoms with E-state index in [4.69, 9.17) is 17.4 Å². The summed E-state index contributed by atoms with van der Waals surface area (Å²) < 4.78 is 15.7. The molecule has 0 saturated carbocycles. The first kappa shape index (κ1) is 15.9. The van der Waals surface area contributed by atoms with Crippen LogP contribution in [0.25, 0.3) is 0 Å². The predicted molar refractivity (Wildman–Crippen MR) is 87.0 cm³/mol. The van der Waals surface area contributed by atoms with Crippen molar-refractivity contribution in [3.8, 4) is 0 Å². The lowest BCUT2D eigenvalue weighted by Crippen LogP contribution is -2.30. The Balaban J connectivity index is 2.28. The molecule has 0 heterocycles.